The number of rotatable bonds is 7. The number of carbonyl (C=O) groups is 2. The molecule has 8 heteroatoms. The van der Waals surface area contributed by atoms with Gasteiger partial charge in [-0.05, 0) is 43.3 Å². The van der Waals surface area contributed by atoms with Crippen LogP contribution in [0.1, 0.15) is 33.4 Å². The molecule has 0 aliphatic carbocycles. The number of amides is 2. The molecule has 4 rings (SSSR count). The van der Waals surface area contributed by atoms with Gasteiger partial charge in [0.1, 0.15) is 6.61 Å². The fourth-order valence-corrected chi connectivity index (χ4v) is 3.52. The van der Waals surface area contributed by atoms with E-state index in [1.54, 1.807) is 52.5 Å². The lowest BCUT2D eigenvalue weighted by molar-refractivity contribution is 0.0518. The van der Waals surface area contributed by atoms with Crippen molar-refractivity contribution in [3.63, 3.8) is 0 Å². The normalized spacial score (nSPS) is 13.7. The quantitative estimate of drug-likeness (QED) is 0.566. The Hall–Kier alpha value is -3.81. The van der Waals surface area contributed by atoms with Crippen LogP contribution in [-0.2, 0) is 6.61 Å². The van der Waals surface area contributed by atoms with Gasteiger partial charge in [-0.25, -0.2) is 0 Å². The lowest BCUT2D eigenvalue weighted by Gasteiger charge is -2.34. The van der Waals surface area contributed by atoms with Crippen LogP contribution in [0.4, 0.5) is 0 Å². The molecule has 0 saturated carbocycles. The van der Waals surface area contributed by atoms with Gasteiger partial charge in [-0.15, -0.1) is 0 Å². The van der Waals surface area contributed by atoms with E-state index < -0.39 is 0 Å². The summed E-state index contributed by atoms with van der Waals surface area (Å²) in [6, 6.07) is 12.3. The van der Waals surface area contributed by atoms with Crippen molar-refractivity contribution in [3.8, 4) is 11.5 Å². The van der Waals surface area contributed by atoms with E-state index in [2.05, 4.69) is 4.98 Å². The molecule has 0 N–H and O–H groups in total. The maximum Gasteiger partial charge on any atom is 0.289 e. The van der Waals surface area contributed by atoms with Gasteiger partial charge in [0.05, 0.1) is 12.9 Å². The first-order valence-corrected chi connectivity index (χ1v) is 10.6. The largest absolute Gasteiger partial charge is 0.490 e. The Morgan fingerprint density at radius 1 is 0.969 bits per heavy atom. The predicted molar refractivity (Wildman–Crippen MR) is 117 cm³/mol. The maximum absolute atomic E-state index is 13.1. The number of hydrogen-bond donors (Lipinski definition) is 0. The smallest absolute Gasteiger partial charge is 0.289 e. The molecule has 32 heavy (non-hydrogen) atoms. The van der Waals surface area contributed by atoms with Crippen LogP contribution >= 0.6 is 0 Å². The lowest BCUT2D eigenvalue weighted by atomic mass is 10.1. The summed E-state index contributed by atoms with van der Waals surface area (Å²) in [6.07, 6.45) is 4.93. The Bertz CT molecular complexity index is 1040. The molecule has 2 amide bonds. The topological polar surface area (TPSA) is 85.1 Å². The molecule has 166 valence electrons. The fourth-order valence-electron chi connectivity index (χ4n) is 3.52. The SMILES string of the molecule is CCOc1cc(C(=O)N2CCN(C(=O)c3ccco3)CC2)ccc1OCc1cccnc1. The average Bonchev–Trinajstić information content (AvgIpc) is 3.38. The number of benzene rings is 1. The number of hydrogen-bond acceptors (Lipinski definition) is 6. The number of pyridine rings is 1. The second-order valence-electron chi connectivity index (χ2n) is 7.31. The van der Waals surface area contributed by atoms with Crippen molar-refractivity contribution in [3.05, 3.63) is 78.0 Å². The summed E-state index contributed by atoms with van der Waals surface area (Å²) in [7, 11) is 0. The Morgan fingerprint density at radius 3 is 2.41 bits per heavy atom. The van der Waals surface area contributed by atoms with Gasteiger partial charge in [0, 0.05) is 49.7 Å². The zero-order valence-electron chi connectivity index (χ0n) is 17.9. The van der Waals surface area contributed by atoms with E-state index in [1.807, 2.05) is 19.1 Å². The summed E-state index contributed by atoms with van der Waals surface area (Å²) in [5, 5.41) is 0. The van der Waals surface area contributed by atoms with Crippen molar-refractivity contribution in [1.82, 2.24) is 14.8 Å². The number of piperazine rings is 1. The molecule has 1 aliphatic heterocycles. The van der Waals surface area contributed by atoms with Crippen LogP contribution in [0.2, 0.25) is 0 Å². The van der Waals surface area contributed by atoms with E-state index in [-0.39, 0.29) is 11.8 Å². The van der Waals surface area contributed by atoms with E-state index in [4.69, 9.17) is 13.9 Å². The van der Waals surface area contributed by atoms with E-state index in [0.29, 0.717) is 62.2 Å². The molecule has 1 saturated heterocycles. The Kier molecular flexibility index (Phi) is 6.69. The summed E-state index contributed by atoms with van der Waals surface area (Å²) >= 11 is 0. The minimum atomic E-state index is -0.157. The van der Waals surface area contributed by atoms with Gasteiger partial charge in [-0.1, -0.05) is 6.07 Å². The highest BCUT2D eigenvalue weighted by molar-refractivity contribution is 5.95. The van der Waals surface area contributed by atoms with Gasteiger partial charge in [0.25, 0.3) is 11.8 Å². The summed E-state index contributed by atoms with van der Waals surface area (Å²) < 4.78 is 16.8. The predicted octanol–water partition coefficient (Wildman–Crippen LogP) is 3.25. The average molecular weight is 435 g/mol. The minimum absolute atomic E-state index is 0.102. The third kappa shape index (κ3) is 4.91. The summed E-state index contributed by atoms with van der Waals surface area (Å²) in [6.45, 7) is 4.50. The van der Waals surface area contributed by atoms with E-state index >= 15 is 0 Å². The van der Waals surface area contributed by atoms with Crippen LogP contribution in [0.25, 0.3) is 0 Å². The molecule has 1 aromatic carbocycles. The number of ether oxygens (including phenoxy) is 2. The zero-order chi connectivity index (χ0) is 22.3. The van der Waals surface area contributed by atoms with Crippen molar-refractivity contribution >= 4 is 11.8 Å². The molecule has 0 atom stereocenters. The monoisotopic (exact) mass is 435 g/mol. The van der Waals surface area contributed by atoms with Gasteiger partial charge < -0.3 is 23.7 Å². The maximum atomic E-state index is 13.1. The standard InChI is InChI=1S/C24H25N3O5/c1-2-30-22-15-19(7-8-20(22)32-17-18-5-3-9-25-16-18)23(28)26-10-12-27(13-11-26)24(29)21-6-4-14-31-21/h3-9,14-16H,2,10-13,17H2,1H3. The van der Waals surface area contributed by atoms with Crippen molar-refractivity contribution < 1.29 is 23.5 Å². The molecule has 2 aromatic heterocycles. The van der Waals surface area contributed by atoms with Crippen LogP contribution in [0.5, 0.6) is 11.5 Å². The second kappa shape index (κ2) is 10.00. The van der Waals surface area contributed by atoms with Crippen LogP contribution in [-0.4, -0.2) is 59.4 Å². The third-order valence-electron chi connectivity index (χ3n) is 5.19. The van der Waals surface area contributed by atoms with Crippen LogP contribution < -0.4 is 9.47 Å². The highest BCUT2D eigenvalue weighted by Gasteiger charge is 2.27. The van der Waals surface area contributed by atoms with Gasteiger partial charge in [0.2, 0.25) is 0 Å². The fraction of sp³-hybridized carbons (Fsp3) is 0.292. The van der Waals surface area contributed by atoms with Crippen molar-refractivity contribution in [1.29, 1.82) is 0 Å². The molecular formula is C24H25N3O5. The molecule has 1 fully saturated rings. The second-order valence-corrected chi connectivity index (χ2v) is 7.31. The first kappa shape index (κ1) is 21.4. The molecule has 3 heterocycles. The number of furan rings is 1. The first-order valence-electron chi connectivity index (χ1n) is 10.6. The number of nitrogens with zero attached hydrogens (tertiary/aromatic N) is 3. The van der Waals surface area contributed by atoms with Gasteiger partial charge >= 0.3 is 0 Å². The van der Waals surface area contributed by atoms with Gasteiger partial charge in [-0.3, -0.25) is 14.6 Å². The first-order chi connectivity index (χ1) is 15.7. The molecule has 0 bridgehead atoms. The molecular weight excluding hydrogens is 410 g/mol. The van der Waals surface area contributed by atoms with Crippen molar-refractivity contribution in [2.24, 2.45) is 0 Å². The minimum Gasteiger partial charge on any atom is -0.490 e. The van der Waals surface area contributed by atoms with Crippen LogP contribution in [0, 0.1) is 0 Å². The number of carbonyl (C=O) groups excluding carboxylic acids is 2. The van der Waals surface area contributed by atoms with Crippen molar-refractivity contribution in [2.45, 2.75) is 13.5 Å². The molecule has 0 spiro atoms. The van der Waals surface area contributed by atoms with Gasteiger partial charge in [-0.2, -0.15) is 0 Å². The number of aromatic nitrogens is 1. The summed E-state index contributed by atoms with van der Waals surface area (Å²) in [4.78, 5) is 33.0. The highest BCUT2D eigenvalue weighted by atomic mass is 16.5. The summed E-state index contributed by atoms with van der Waals surface area (Å²) in [5.74, 6) is 1.15. The van der Waals surface area contributed by atoms with E-state index in [0.717, 1.165) is 5.56 Å². The third-order valence-corrected chi connectivity index (χ3v) is 5.19. The van der Waals surface area contributed by atoms with Crippen LogP contribution in [0.15, 0.2) is 65.5 Å². The zero-order valence-corrected chi connectivity index (χ0v) is 17.9. The summed E-state index contributed by atoms with van der Waals surface area (Å²) in [5.41, 5.74) is 1.46. The molecule has 8 nitrogen and oxygen atoms in total. The van der Waals surface area contributed by atoms with E-state index in [9.17, 15) is 9.59 Å². The Labute approximate surface area is 186 Å². The molecule has 0 radical (unpaired) electrons. The Balaban J connectivity index is 1.40. The van der Waals surface area contributed by atoms with Crippen LogP contribution in [0.3, 0.4) is 0 Å². The molecule has 3 aromatic rings. The highest BCUT2D eigenvalue weighted by Crippen LogP contribution is 2.30. The van der Waals surface area contributed by atoms with Gasteiger partial charge in [0.15, 0.2) is 17.3 Å². The lowest BCUT2D eigenvalue weighted by Crippen LogP contribution is -2.50. The Morgan fingerprint density at radius 2 is 1.75 bits per heavy atom. The molecule has 0 unspecified atom stereocenters. The van der Waals surface area contributed by atoms with E-state index in [1.165, 1.54) is 6.26 Å². The van der Waals surface area contributed by atoms with Crippen molar-refractivity contribution in [2.75, 3.05) is 32.8 Å². The molecule has 1 aliphatic rings.